The van der Waals surface area contributed by atoms with Gasteiger partial charge in [-0.15, -0.1) is 10.2 Å². The van der Waals surface area contributed by atoms with Gasteiger partial charge in [0.1, 0.15) is 18.0 Å². The molecule has 4 aromatic heterocycles. The molecule has 0 bridgehead atoms. The van der Waals surface area contributed by atoms with Gasteiger partial charge in [-0.25, -0.2) is 14.6 Å². The van der Waals surface area contributed by atoms with E-state index >= 15 is 0 Å². The molecular formula is C19H22N8. The first-order valence-electron chi connectivity index (χ1n) is 9.90. The second kappa shape index (κ2) is 5.61. The number of hydrogen-bond acceptors (Lipinski definition) is 5. The van der Waals surface area contributed by atoms with Crippen LogP contribution in [-0.2, 0) is 0 Å². The molecule has 0 spiro atoms. The molecule has 0 amide bonds. The van der Waals surface area contributed by atoms with Crippen molar-refractivity contribution in [2.45, 2.75) is 56.9 Å². The Kier molecular flexibility index (Phi) is 3.18. The van der Waals surface area contributed by atoms with E-state index < -0.39 is 0 Å². The van der Waals surface area contributed by atoms with Gasteiger partial charge >= 0.3 is 0 Å². The molecule has 2 fully saturated rings. The molecule has 2 saturated carbocycles. The summed E-state index contributed by atoms with van der Waals surface area (Å²) in [5.41, 5.74) is 2.73. The number of nitrogens with one attached hydrogen (secondary N) is 1. The molecule has 3 unspecified atom stereocenters. The van der Waals surface area contributed by atoms with E-state index in [-0.39, 0.29) is 0 Å². The Morgan fingerprint density at radius 3 is 2.93 bits per heavy atom. The third-order valence-corrected chi connectivity index (χ3v) is 6.38. The first-order chi connectivity index (χ1) is 13.3. The number of aromatic amines is 1. The van der Waals surface area contributed by atoms with E-state index in [1.165, 1.54) is 18.7 Å². The van der Waals surface area contributed by atoms with Crippen LogP contribution in [0, 0.1) is 5.92 Å². The molecule has 8 heteroatoms. The first-order valence-corrected chi connectivity index (χ1v) is 9.90. The summed E-state index contributed by atoms with van der Waals surface area (Å²) in [6.45, 7) is 2.28. The minimum atomic E-state index is 0.367. The molecule has 1 N–H and O–H groups in total. The van der Waals surface area contributed by atoms with Crippen molar-refractivity contribution in [3.05, 3.63) is 36.4 Å². The smallest absolute Gasteiger partial charge is 0.179 e. The summed E-state index contributed by atoms with van der Waals surface area (Å²) < 4.78 is 4.38. The molecule has 2 aliphatic rings. The van der Waals surface area contributed by atoms with Crippen LogP contribution in [0.3, 0.4) is 0 Å². The van der Waals surface area contributed by atoms with Gasteiger partial charge in [0.25, 0.3) is 0 Å². The second-order valence-electron chi connectivity index (χ2n) is 7.96. The highest BCUT2D eigenvalue weighted by atomic mass is 15.4. The SMILES string of the molecule is CCC1CC(n2ncnc2C2CC2)CC1c1nnc2cnc3[nH]ccc3n12. The zero-order valence-corrected chi connectivity index (χ0v) is 15.3. The number of hydrogen-bond donors (Lipinski definition) is 1. The molecule has 8 nitrogen and oxygen atoms in total. The molecule has 2 aliphatic carbocycles. The maximum Gasteiger partial charge on any atom is 0.179 e. The summed E-state index contributed by atoms with van der Waals surface area (Å²) in [6, 6.07) is 2.45. The number of H-pyrrole nitrogens is 1. The fraction of sp³-hybridized carbons (Fsp3) is 0.526. The minimum Gasteiger partial charge on any atom is -0.345 e. The van der Waals surface area contributed by atoms with E-state index in [1.54, 1.807) is 12.5 Å². The monoisotopic (exact) mass is 362 g/mol. The van der Waals surface area contributed by atoms with Crippen LogP contribution >= 0.6 is 0 Å². The van der Waals surface area contributed by atoms with Crippen LogP contribution in [-0.4, -0.2) is 39.3 Å². The maximum absolute atomic E-state index is 4.60. The van der Waals surface area contributed by atoms with Crippen molar-refractivity contribution < 1.29 is 0 Å². The summed E-state index contributed by atoms with van der Waals surface area (Å²) in [6.07, 6.45) is 11.2. The standard InChI is InChI=1S/C19H22N8/c1-2-11-7-13(27-18(12-3-4-12)22-10-23-27)8-14(11)19-25-24-16-9-21-17-15(26(16)19)5-6-20-17/h5-6,9-14,20H,2-4,7-8H2,1H3. The molecule has 0 aromatic carbocycles. The predicted octanol–water partition coefficient (Wildman–Crippen LogP) is 3.22. The van der Waals surface area contributed by atoms with E-state index in [0.29, 0.717) is 23.8 Å². The van der Waals surface area contributed by atoms with Crippen LogP contribution in [0.5, 0.6) is 0 Å². The molecule has 27 heavy (non-hydrogen) atoms. The summed E-state index contributed by atoms with van der Waals surface area (Å²) in [4.78, 5) is 12.2. The topological polar surface area (TPSA) is 89.6 Å². The summed E-state index contributed by atoms with van der Waals surface area (Å²) in [5, 5.41) is 13.6. The van der Waals surface area contributed by atoms with E-state index in [1.807, 2.05) is 6.20 Å². The Labute approximate surface area is 156 Å². The molecule has 4 heterocycles. The third-order valence-electron chi connectivity index (χ3n) is 6.38. The average Bonchev–Trinajstić information content (AvgIpc) is 3.14. The molecular weight excluding hydrogens is 340 g/mol. The van der Waals surface area contributed by atoms with Crippen LogP contribution in [0.2, 0.25) is 0 Å². The van der Waals surface area contributed by atoms with Gasteiger partial charge in [-0.1, -0.05) is 13.3 Å². The van der Waals surface area contributed by atoms with Crippen molar-refractivity contribution in [3.8, 4) is 0 Å². The van der Waals surface area contributed by atoms with Gasteiger partial charge in [0.05, 0.1) is 17.8 Å². The van der Waals surface area contributed by atoms with Gasteiger partial charge in [0.15, 0.2) is 11.3 Å². The fourth-order valence-electron chi connectivity index (χ4n) is 4.88. The average molecular weight is 362 g/mol. The van der Waals surface area contributed by atoms with E-state index in [9.17, 15) is 0 Å². The zero-order valence-electron chi connectivity index (χ0n) is 15.3. The van der Waals surface area contributed by atoms with Crippen LogP contribution < -0.4 is 0 Å². The van der Waals surface area contributed by atoms with Crippen molar-refractivity contribution in [3.63, 3.8) is 0 Å². The molecule has 0 saturated heterocycles. The largest absolute Gasteiger partial charge is 0.345 e. The van der Waals surface area contributed by atoms with Gasteiger partial charge in [0.2, 0.25) is 0 Å². The van der Waals surface area contributed by atoms with Crippen LogP contribution in [0.1, 0.15) is 68.6 Å². The van der Waals surface area contributed by atoms with Crippen LogP contribution in [0.4, 0.5) is 0 Å². The highest BCUT2D eigenvalue weighted by molar-refractivity contribution is 5.74. The lowest BCUT2D eigenvalue weighted by atomic mass is 9.93. The Hall–Kier alpha value is -2.77. The van der Waals surface area contributed by atoms with E-state index in [2.05, 4.69) is 52.3 Å². The number of rotatable bonds is 4. The third kappa shape index (κ3) is 2.25. The lowest BCUT2D eigenvalue weighted by molar-refractivity contribution is 0.418. The van der Waals surface area contributed by atoms with Crippen molar-refractivity contribution in [2.24, 2.45) is 5.92 Å². The minimum absolute atomic E-state index is 0.367. The highest BCUT2D eigenvalue weighted by Gasteiger charge is 2.40. The summed E-state index contributed by atoms with van der Waals surface area (Å²) in [7, 11) is 0. The normalized spacial score (nSPS) is 25.7. The van der Waals surface area contributed by atoms with Crippen molar-refractivity contribution >= 4 is 16.8 Å². The molecule has 0 radical (unpaired) electrons. The predicted molar refractivity (Wildman–Crippen MR) is 99.4 cm³/mol. The van der Waals surface area contributed by atoms with Crippen molar-refractivity contribution in [1.82, 2.24) is 39.3 Å². The van der Waals surface area contributed by atoms with Gasteiger partial charge in [-0.3, -0.25) is 4.40 Å². The van der Waals surface area contributed by atoms with E-state index in [4.69, 9.17) is 0 Å². The summed E-state index contributed by atoms with van der Waals surface area (Å²) in [5.74, 6) is 3.79. The van der Waals surface area contributed by atoms with Gasteiger partial charge in [-0.05, 0) is 37.7 Å². The Balaban J connectivity index is 1.42. The van der Waals surface area contributed by atoms with Gasteiger partial charge in [-0.2, -0.15) is 5.10 Å². The summed E-state index contributed by atoms with van der Waals surface area (Å²) >= 11 is 0. The quantitative estimate of drug-likeness (QED) is 0.602. The Bertz CT molecular complexity index is 1120. The highest BCUT2D eigenvalue weighted by Crippen LogP contribution is 2.48. The zero-order chi connectivity index (χ0) is 18.0. The van der Waals surface area contributed by atoms with Crippen LogP contribution in [0.25, 0.3) is 16.8 Å². The Morgan fingerprint density at radius 2 is 2.07 bits per heavy atom. The molecule has 6 rings (SSSR count). The van der Waals surface area contributed by atoms with Gasteiger partial charge < -0.3 is 4.98 Å². The molecule has 4 aromatic rings. The lowest BCUT2D eigenvalue weighted by Gasteiger charge is -2.15. The number of fused-ring (bicyclic) bond motifs is 3. The molecule has 138 valence electrons. The van der Waals surface area contributed by atoms with Gasteiger partial charge in [0, 0.05) is 18.0 Å². The first kappa shape index (κ1) is 15.3. The van der Waals surface area contributed by atoms with E-state index in [0.717, 1.165) is 41.9 Å². The second-order valence-corrected chi connectivity index (χ2v) is 7.96. The maximum atomic E-state index is 4.60. The number of nitrogens with zero attached hydrogens (tertiary/aromatic N) is 7. The van der Waals surface area contributed by atoms with Crippen molar-refractivity contribution in [2.75, 3.05) is 0 Å². The molecule has 0 aliphatic heterocycles. The van der Waals surface area contributed by atoms with Crippen LogP contribution in [0.15, 0.2) is 24.8 Å². The van der Waals surface area contributed by atoms with Crippen molar-refractivity contribution in [1.29, 1.82) is 0 Å². The Morgan fingerprint density at radius 1 is 1.15 bits per heavy atom. The fourth-order valence-corrected chi connectivity index (χ4v) is 4.88. The number of aromatic nitrogens is 8. The molecule has 3 atom stereocenters. The lowest BCUT2D eigenvalue weighted by Crippen LogP contribution is -2.11.